The summed E-state index contributed by atoms with van der Waals surface area (Å²) >= 11 is 1.44. The molecule has 0 heterocycles. The largest absolute Gasteiger partial charge is 0.480 e. The van der Waals surface area contributed by atoms with Crippen LogP contribution in [0.3, 0.4) is 0 Å². The van der Waals surface area contributed by atoms with Crippen molar-refractivity contribution in [1.29, 1.82) is 0 Å². The Morgan fingerprint density at radius 1 is 1.43 bits per heavy atom. The summed E-state index contributed by atoms with van der Waals surface area (Å²) in [5.74, 6) is -2.47. The van der Waals surface area contributed by atoms with Crippen LogP contribution in [0.1, 0.15) is 26.7 Å². The van der Waals surface area contributed by atoms with E-state index in [1.54, 1.807) is 0 Å². The maximum absolute atomic E-state index is 12.6. The van der Waals surface area contributed by atoms with E-state index in [1.807, 2.05) is 6.26 Å². The van der Waals surface area contributed by atoms with Crippen LogP contribution in [-0.2, 0) is 9.59 Å². The maximum atomic E-state index is 12.6. The van der Waals surface area contributed by atoms with Crippen LogP contribution in [0.25, 0.3) is 0 Å². The smallest absolute Gasteiger partial charge is 0.454 e. The van der Waals surface area contributed by atoms with Crippen molar-refractivity contribution in [3.8, 4) is 0 Å². The van der Waals surface area contributed by atoms with E-state index in [2.05, 4.69) is 5.32 Å². The molecule has 1 aliphatic rings. The fourth-order valence-electron chi connectivity index (χ4n) is 2.33. The van der Waals surface area contributed by atoms with Gasteiger partial charge in [0.2, 0.25) is 0 Å². The Morgan fingerprint density at radius 3 is 2.38 bits per heavy atom. The second kappa shape index (κ2) is 6.29. The van der Waals surface area contributed by atoms with Gasteiger partial charge in [0.15, 0.2) is 0 Å². The molecule has 0 amide bonds. The number of carboxylic acid groups (broad SMARTS) is 1. The first-order valence-corrected chi connectivity index (χ1v) is 7.73. The molecule has 21 heavy (non-hydrogen) atoms. The molecule has 1 unspecified atom stereocenters. The fourth-order valence-corrected chi connectivity index (χ4v) is 2.80. The first-order valence-electron chi connectivity index (χ1n) is 6.34. The molecule has 0 bridgehead atoms. The summed E-state index contributed by atoms with van der Waals surface area (Å²) in [6, 6.07) is -0.986. The van der Waals surface area contributed by atoms with E-state index >= 15 is 0 Å². The van der Waals surface area contributed by atoms with Crippen molar-refractivity contribution >= 4 is 23.5 Å². The average molecular weight is 325 g/mol. The van der Waals surface area contributed by atoms with Gasteiger partial charge < -0.3 is 10.4 Å². The van der Waals surface area contributed by atoms with Gasteiger partial charge in [-0.05, 0) is 24.9 Å². The van der Waals surface area contributed by atoms with Gasteiger partial charge in [-0.15, -0.1) is 0 Å². The Balaban J connectivity index is 2.98. The van der Waals surface area contributed by atoms with Gasteiger partial charge in [-0.1, -0.05) is 13.8 Å². The first-order chi connectivity index (χ1) is 9.50. The standard InChI is InChI=1S/C13H18F3NO3S/c1-12(2)6-8(9(12)10(18)13(14,15)16)17-7(11(19)20)4-5-21-3/h7,17H,4-6H2,1-3H3,(H,19,20). The summed E-state index contributed by atoms with van der Waals surface area (Å²) in [4.78, 5) is 22.6. The van der Waals surface area contributed by atoms with Crippen LogP contribution in [-0.4, -0.2) is 41.1 Å². The third-order valence-electron chi connectivity index (χ3n) is 3.34. The van der Waals surface area contributed by atoms with Gasteiger partial charge >= 0.3 is 12.1 Å². The number of carbonyl (C=O) groups is 2. The van der Waals surface area contributed by atoms with Gasteiger partial charge in [0.25, 0.3) is 5.78 Å². The van der Waals surface area contributed by atoms with Gasteiger partial charge in [0.05, 0.1) is 0 Å². The monoisotopic (exact) mass is 325 g/mol. The van der Waals surface area contributed by atoms with E-state index in [0.717, 1.165) is 0 Å². The summed E-state index contributed by atoms with van der Waals surface area (Å²) < 4.78 is 37.8. The number of carbonyl (C=O) groups excluding carboxylic acids is 1. The highest BCUT2D eigenvalue weighted by Crippen LogP contribution is 2.47. The molecule has 0 aliphatic heterocycles. The fraction of sp³-hybridized carbons (Fsp3) is 0.692. The number of Topliss-reactive ketones (excluding diaryl/α,β-unsaturated/α-hetero) is 1. The van der Waals surface area contributed by atoms with Crippen molar-refractivity contribution in [3.63, 3.8) is 0 Å². The second-order valence-corrected chi connectivity index (χ2v) is 6.54. The lowest BCUT2D eigenvalue weighted by Gasteiger charge is -2.41. The Kier molecular flexibility index (Phi) is 5.35. The lowest BCUT2D eigenvalue weighted by atomic mass is 9.67. The normalized spacial score (nSPS) is 19.0. The van der Waals surface area contributed by atoms with Gasteiger partial charge in [0.1, 0.15) is 6.04 Å². The molecule has 0 aromatic carbocycles. The molecule has 0 aromatic heterocycles. The summed E-state index contributed by atoms with van der Waals surface area (Å²) in [7, 11) is 0. The molecule has 8 heteroatoms. The number of ketones is 1. The summed E-state index contributed by atoms with van der Waals surface area (Å²) in [5, 5.41) is 11.7. The second-order valence-electron chi connectivity index (χ2n) is 5.56. The minimum Gasteiger partial charge on any atom is -0.480 e. The zero-order valence-corrected chi connectivity index (χ0v) is 12.8. The number of hydrogen-bond acceptors (Lipinski definition) is 4. The summed E-state index contributed by atoms with van der Waals surface area (Å²) in [6.45, 7) is 3.07. The molecule has 0 saturated carbocycles. The predicted octanol–water partition coefficient (Wildman–Crippen LogP) is 2.60. The minimum absolute atomic E-state index is 0.0934. The highest BCUT2D eigenvalue weighted by atomic mass is 32.2. The number of rotatable bonds is 7. The van der Waals surface area contributed by atoms with Crippen molar-refractivity contribution in [3.05, 3.63) is 11.3 Å². The number of hydrogen-bond donors (Lipinski definition) is 2. The van der Waals surface area contributed by atoms with Crippen LogP contribution in [0, 0.1) is 5.41 Å². The molecule has 4 nitrogen and oxygen atoms in total. The first kappa shape index (κ1) is 17.9. The number of allylic oxidation sites excluding steroid dienone is 2. The Morgan fingerprint density at radius 2 is 2.00 bits per heavy atom. The molecule has 0 fully saturated rings. The van der Waals surface area contributed by atoms with E-state index in [4.69, 9.17) is 5.11 Å². The van der Waals surface area contributed by atoms with Gasteiger partial charge in [-0.3, -0.25) is 4.79 Å². The van der Waals surface area contributed by atoms with Crippen LogP contribution in [0.4, 0.5) is 13.2 Å². The van der Waals surface area contributed by atoms with Crippen molar-refractivity contribution in [1.82, 2.24) is 5.32 Å². The van der Waals surface area contributed by atoms with Gasteiger partial charge in [0, 0.05) is 16.7 Å². The van der Waals surface area contributed by atoms with Crippen molar-refractivity contribution < 1.29 is 27.9 Å². The molecule has 2 N–H and O–H groups in total. The lowest BCUT2D eigenvalue weighted by Crippen LogP contribution is -2.47. The third-order valence-corrected chi connectivity index (χ3v) is 3.98. The molecule has 0 radical (unpaired) electrons. The Bertz CT molecular complexity index is 472. The van der Waals surface area contributed by atoms with Crippen LogP contribution in [0.15, 0.2) is 11.3 Å². The van der Waals surface area contributed by atoms with Gasteiger partial charge in [-0.25, -0.2) is 4.79 Å². The van der Waals surface area contributed by atoms with E-state index in [0.29, 0.717) is 5.75 Å². The topological polar surface area (TPSA) is 66.4 Å². The number of nitrogens with one attached hydrogen (secondary N) is 1. The van der Waals surface area contributed by atoms with E-state index in [9.17, 15) is 22.8 Å². The zero-order valence-electron chi connectivity index (χ0n) is 12.0. The molecular formula is C13H18F3NO3S. The number of thioether (sulfide) groups is 1. The SMILES string of the molecule is CSCCC(NC1=C(C(=O)C(F)(F)F)C(C)(C)C1)C(=O)O. The van der Waals surface area contributed by atoms with Crippen molar-refractivity contribution in [2.24, 2.45) is 5.41 Å². The summed E-state index contributed by atoms with van der Waals surface area (Å²) in [6.07, 6.45) is -2.64. The van der Waals surface area contributed by atoms with Gasteiger partial charge in [-0.2, -0.15) is 24.9 Å². The molecule has 1 atom stereocenters. The molecule has 0 spiro atoms. The molecule has 120 valence electrons. The molecule has 1 rings (SSSR count). The number of halogens is 3. The lowest BCUT2D eigenvalue weighted by molar-refractivity contribution is -0.168. The molecule has 0 aromatic rings. The van der Waals surface area contributed by atoms with E-state index in [-0.39, 0.29) is 24.1 Å². The summed E-state index contributed by atoms with van der Waals surface area (Å²) in [5.41, 5.74) is -1.15. The minimum atomic E-state index is -4.95. The number of aliphatic carboxylic acids is 1. The van der Waals surface area contributed by atoms with Crippen molar-refractivity contribution in [2.45, 2.75) is 38.9 Å². The molecule has 1 aliphatic carbocycles. The average Bonchev–Trinajstić information content (AvgIpc) is 2.30. The van der Waals surface area contributed by atoms with Crippen molar-refractivity contribution in [2.75, 3.05) is 12.0 Å². The van der Waals surface area contributed by atoms with Crippen LogP contribution >= 0.6 is 11.8 Å². The molecule has 0 saturated heterocycles. The Labute approximate surface area is 125 Å². The van der Waals surface area contributed by atoms with E-state index < -0.39 is 29.4 Å². The molecular weight excluding hydrogens is 307 g/mol. The highest BCUT2D eigenvalue weighted by Gasteiger charge is 2.51. The maximum Gasteiger partial charge on any atom is 0.454 e. The van der Waals surface area contributed by atoms with Crippen LogP contribution in [0.5, 0.6) is 0 Å². The predicted molar refractivity (Wildman–Crippen MR) is 74.0 cm³/mol. The highest BCUT2D eigenvalue weighted by molar-refractivity contribution is 7.98. The number of carboxylic acids is 1. The van der Waals surface area contributed by atoms with Crippen LogP contribution in [0.2, 0.25) is 0 Å². The quantitative estimate of drug-likeness (QED) is 0.753. The third kappa shape index (κ3) is 4.15. The van der Waals surface area contributed by atoms with E-state index in [1.165, 1.54) is 25.6 Å². The number of alkyl halides is 3. The van der Waals surface area contributed by atoms with Crippen LogP contribution < -0.4 is 5.32 Å². The Hall–Kier alpha value is -1.18. The zero-order chi connectivity index (χ0) is 16.4.